The summed E-state index contributed by atoms with van der Waals surface area (Å²) in [5.41, 5.74) is 2.88. The standard InChI is InChI=1S/C13H21N/c1-3-4-10-14-11-9-13-8-6-5-7-12(13)2/h5-8,14H,3-4,9-11H2,1-2H3. The van der Waals surface area contributed by atoms with Crippen molar-refractivity contribution in [3.05, 3.63) is 35.4 Å². The van der Waals surface area contributed by atoms with E-state index in [9.17, 15) is 0 Å². The molecule has 0 aliphatic carbocycles. The van der Waals surface area contributed by atoms with Crippen LogP contribution in [0.2, 0.25) is 0 Å². The van der Waals surface area contributed by atoms with Gasteiger partial charge >= 0.3 is 0 Å². The molecule has 0 saturated carbocycles. The molecule has 1 N–H and O–H groups in total. The highest BCUT2D eigenvalue weighted by Crippen LogP contribution is 2.06. The molecular weight excluding hydrogens is 170 g/mol. The van der Waals surface area contributed by atoms with E-state index >= 15 is 0 Å². The van der Waals surface area contributed by atoms with Gasteiger partial charge in [0.25, 0.3) is 0 Å². The number of nitrogens with one attached hydrogen (secondary N) is 1. The van der Waals surface area contributed by atoms with Crippen molar-refractivity contribution in [3.8, 4) is 0 Å². The highest BCUT2D eigenvalue weighted by Gasteiger charge is 1.95. The second kappa shape index (κ2) is 6.61. The van der Waals surface area contributed by atoms with E-state index in [2.05, 4.69) is 43.4 Å². The SMILES string of the molecule is CCCCNCCc1ccccc1C. The summed E-state index contributed by atoms with van der Waals surface area (Å²) in [5, 5.41) is 3.46. The molecule has 0 atom stereocenters. The molecule has 1 aromatic rings. The zero-order valence-corrected chi connectivity index (χ0v) is 9.34. The third-order valence-electron chi connectivity index (χ3n) is 2.54. The molecule has 1 aromatic carbocycles. The molecule has 0 aliphatic rings. The van der Waals surface area contributed by atoms with Crippen LogP contribution in [-0.2, 0) is 6.42 Å². The first kappa shape index (κ1) is 11.3. The van der Waals surface area contributed by atoms with Crippen LogP contribution >= 0.6 is 0 Å². The summed E-state index contributed by atoms with van der Waals surface area (Å²) in [6.45, 7) is 6.66. The Bertz CT molecular complexity index is 255. The molecule has 1 heteroatoms. The Balaban J connectivity index is 2.21. The molecule has 1 nitrogen and oxygen atoms in total. The minimum atomic E-state index is 1.10. The van der Waals surface area contributed by atoms with Crippen LogP contribution in [0.3, 0.4) is 0 Å². The predicted octanol–water partition coefficient (Wildman–Crippen LogP) is 2.93. The van der Waals surface area contributed by atoms with Gasteiger partial charge in [0.2, 0.25) is 0 Å². The molecule has 0 amide bonds. The lowest BCUT2D eigenvalue weighted by atomic mass is 10.1. The van der Waals surface area contributed by atoms with Crippen LogP contribution in [0.15, 0.2) is 24.3 Å². The van der Waals surface area contributed by atoms with E-state index in [4.69, 9.17) is 0 Å². The van der Waals surface area contributed by atoms with Crippen LogP contribution in [0.5, 0.6) is 0 Å². The van der Waals surface area contributed by atoms with E-state index in [0.29, 0.717) is 0 Å². The third kappa shape index (κ3) is 3.93. The van der Waals surface area contributed by atoms with Crippen LogP contribution in [0, 0.1) is 6.92 Å². The fourth-order valence-electron chi connectivity index (χ4n) is 1.54. The van der Waals surface area contributed by atoms with Gasteiger partial charge in [-0.15, -0.1) is 0 Å². The van der Waals surface area contributed by atoms with Gasteiger partial charge in [0.05, 0.1) is 0 Å². The summed E-state index contributed by atoms with van der Waals surface area (Å²) >= 11 is 0. The Kier molecular flexibility index (Phi) is 5.31. The van der Waals surface area contributed by atoms with Crippen molar-refractivity contribution >= 4 is 0 Å². The topological polar surface area (TPSA) is 12.0 Å². The van der Waals surface area contributed by atoms with Gasteiger partial charge in [-0.05, 0) is 44.0 Å². The minimum absolute atomic E-state index is 1.10. The van der Waals surface area contributed by atoms with Crippen molar-refractivity contribution in [2.75, 3.05) is 13.1 Å². The number of rotatable bonds is 6. The number of benzene rings is 1. The van der Waals surface area contributed by atoms with Gasteiger partial charge in [-0.25, -0.2) is 0 Å². The maximum Gasteiger partial charge on any atom is -0.000825 e. The Morgan fingerprint density at radius 3 is 2.64 bits per heavy atom. The molecular formula is C13H21N. The van der Waals surface area contributed by atoms with E-state index in [1.165, 1.54) is 24.0 Å². The van der Waals surface area contributed by atoms with Crippen molar-refractivity contribution in [2.24, 2.45) is 0 Å². The first-order valence-corrected chi connectivity index (χ1v) is 5.60. The average molecular weight is 191 g/mol. The fourth-order valence-corrected chi connectivity index (χ4v) is 1.54. The highest BCUT2D eigenvalue weighted by atomic mass is 14.8. The molecule has 0 unspecified atom stereocenters. The molecule has 78 valence electrons. The molecule has 0 saturated heterocycles. The smallest absolute Gasteiger partial charge is 0.000825 e. The maximum absolute atomic E-state index is 3.46. The number of hydrogen-bond donors (Lipinski definition) is 1. The Labute approximate surface area is 87.5 Å². The summed E-state index contributed by atoms with van der Waals surface area (Å²) in [6, 6.07) is 8.62. The minimum Gasteiger partial charge on any atom is -0.316 e. The summed E-state index contributed by atoms with van der Waals surface area (Å²) in [7, 11) is 0. The fraction of sp³-hybridized carbons (Fsp3) is 0.538. The van der Waals surface area contributed by atoms with E-state index in [-0.39, 0.29) is 0 Å². The molecule has 0 heterocycles. The maximum atomic E-state index is 3.46. The zero-order chi connectivity index (χ0) is 10.2. The van der Waals surface area contributed by atoms with E-state index in [1.807, 2.05) is 0 Å². The summed E-state index contributed by atoms with van der Waals surface area (Å²) in [6.07, 6.45) is 3.71. The van der Waals surface area contributed by atoms with Crippen LogP contribution in [0.1, 0.15) is 30.9 Å². The van der Waals surface area contributed by atoms with Crippen LogP contribution in [0.4, 0.5) is 0 Å². The lowest BCUT2D eigenvalue weighted by Gasteiger charge is -2.06. The largest absolute Gasteiger partial charge is 0.316 e. The second-order valence-electron chi connectivity index (χ2n) is 3.78. The van der Waals surface area contributed by atoms with Crippen LogP contribution < -0.4 is 5.32 Å². The van der Waals surface area contributed by atoms with E-state index < -0.39 is 0 Å². The summed E-state index contributed by atoms with van der Waals surface area (Å²) in [4.78, 5) is 0. The van der Waals surface area contributed by atoms with Crippen molar-refractivity contribution in [1.29, 1.82) is 0 Å². The average Bonchev–Trinajstić information content (AvgIpc) is 2.20. The first-order chi connectivity index (χ1) is 6.84. The molecule has 0 bridgehead atoms. The molecule has 0 spiro atoms. The summed E-state index contributed by atoms with van der Waals surface area (Å²) < 4.78 is 0. The third-order valence-corrected chi connectivity index (χ3v) is 2.54. The van der Waals surface area contributed by atoms with Gasteiger partial charge in [-0.2, -0.15) is 0 Å². The predicted molar refractivity (Wildman–Crippen MR) is 62.7 cm³/mol. The summed E-state index contributed by atoms with van der Waals surface area (Å²) in [5.74, 6) is 0. The lowest BCUT2D eigenvalue weighted by Crippen LogP contribution is -2.18. The lowest BCUT2D eigenvalue weighted by molar-refractivity contribution is 0.639. The Morgan fingerprint density at radius 1 is 1.14 bits per heavy atom. The van der Waals surface area contributed by atoms with Gasteiger partial charge in [0.15, 0.2) is 0 Å². The zero-order valence-electron chi connectivity index (χ0n) is 9.34. The number of unbranched alkanes of at least 4 members (excludes halogenated alkanes) is 1. The molecule has 0 fully saturated rings. The second-order valence-corrected chi connectivity index (χ2v) is 3.78. The molecule has 14 heavy (non-hydrogen) atoms. The van der Waals surface area contributed by atoms with Crippen LogP contribution in [-0.4, -0.2) is 13.1 Å². The first-order valence-electron chi connectivity index (χ1n) is 5.60. The van der Waals surface area contributed by atoms with Gasteiger partial charge in [-0.1, -0.05) is 37.6 Å². The van der Waals surface area contributed by atoms with Crippen molar-refractivity contribution in [2.45, 2.75) is 33.1 Å². The van der Waals surface area contributed by atoms with Crippen molar-refractivity contribution in [3.63, 3.8) is 0 Å². The Hall–Kier alpha value is -0.820. The molecule has 0 aliphatic heterocycles. The van der Waals surface area contributed by atoms with E-state index in [0.717, 1.165) is 19.5 Å². The van der Waals surface area contributed by atoms with Crippen molar-refractivity contribution in [1.82, 2.24) is 5.32 Å². The molecule has 1 rings (SSSR count). The van der Waals surface area contributed by atoms with Gasteiger partial charge < -0.3 is 5.32 Å². The van der Waals surface area contributed by atoms with E-state index in [1.54, 1.807) is 0 Å². The van der Waals surface area contributed by atoms with Gasteiger partial charge in [-0.3, -0.25) is 0 Å². The Morgan fingerprint density at radius 2 is 1.93 bits per heavy atom. The number of aryl methyl sites for hydroxylation is 1. The monoisotopic (exact) mass is 191 g/mol. The number of hydrogen-bond acceptors (Lipinski definition) is 1. The normalized spacial score (nSPS) is 10.4. The van der Waals surface area contributed by atoms with Crippen molar-refractivity contribution < 1.29 is 0 Å². The molecule has 0 radical (unpaired) electrons. The molecule has 0 aromatic heterocycles. The quantitative estimate of drug-likeness (QED) is 0.682. The van der Waals surface area contributed by atoms with Gasteiger partial charge in [0.1, 0.15) is 0 Å². The highest BCUT2D eigenvalue weighted by molar-refractivity contribution is 5.25. The van der Waals surface area contributed by atoms with Gasteiger partial charge in [0, 0.05) is 0 Å². The van der Waals surface area contributed by atoms with Crippen LogP contribution in [0.25, 0.3) is 0 Å².